The molecule has 0 unspecified atom stereocenters. The number of nitrogens with zero attached hydrogens (tertiary/aromatic N) is 3. The Hall–Kier alpha value is -3.11. The number of aliphatic hydroxyl groups excluding tert-OH is 1. The van der Waals surface area contributed by atoms with Crippen LogP contribution < -0.4 is 9.64 Å². The maximum atomic E-state index is 13.9. The van der Waals surface area contributed by atoms with Crippen LogP contribution in [0.3, 0.4) is 0 Å². The van der Waals surface area contributed by atoms with Gasteiger partial charge in [0.05, 0.1) is 18.2 Å². The van der Waals surface area contributed by atoms with Crippen molar-refractivity contribution in [3.05, 3.63) is 62.6 Å². The molecule has 1 aromatic carbocycles. The lowest BCUT2D eigenvalue weighted by molar-refractivity contribution is -0.132. The molecule has 3 heterocycles. The number of Topliss-reactive ketones (excluding diaryl/α,β-unsaturated/α-hetero) is 1. The number of hydrogen-bond acceptors (Lipinski definition) is 8. The number of hydrogen-bond donors (Lipinski definition) is 1. The fourth-order valence-corrected chi connectivity index (χ4v) is 4.68. The Morgan fingerprint density at radius 1 is 1.28 bits per heavy atom. The van der Waals surface area contributed by atoms with E-state index in [0.29, 0.717) is 9.88 Å². The quantitative estimate of drug-likeness (QED) is 0.385. The summed E-state index contributed by atoms with van der Waals surface area (Å²) in [6, 6.07) is 6.19. The highest BCUT2D eigenvalue weighted by Crippen LogP contribution is 2.45. The van der Waals surface area contributed by atoms with Gasteiger partial charge in [0, 0.05) is 4.88 Å². The number of carbonyl (C=O) groups is 2. The van der Waals surface area contributed by atoms with E-state index in [1.54, 1.807) is 24.4 Å². The molecule has 29 heavy (non-hydrogen) atoms. The maximum absolute atomic E-state index is 13.9. The molecule has 0 radical (unpaired) electrons. The van der Waals surface area contributed by atoms with Gasteiger partial charge < -0.3 is 9.84 Å². The first-order valence-electron chi connectivity index (χ1n) is 8.40. The van der Waals surface area contributed by atoms with Gasteiger partial charge in [-0.25, -0.2) is 4.39 Å². The molecule has 0 saturated carbocycles. The second kappa shape index (κ2) is 7.37. The van der Waals surface area contributed by atoms with Crippen molar-refractivity contribution in [3.63, 3.8) is 0 Å². The topological polar surface area (TPSA) is 92.6 Å². The van der Waals surface area contributed by atoms with Crippen LogP contribution in [0.15, 0.2) is 41.3 Å². The lowest BCUT2D eigenvalue weighted by atomic mass is 9.99. The molecule has 1 fully saturated rings. The van der Waals surface area contributed by atoms with E-state index >= 15 is 0 Å². The third-order valence-corrected chi connectivity index (χ3v) is 6.16. The minimum absolute atomic E-state index is 0.0134. The highest BCUT2D eigenvalue weighted by Gasteiger charge is 2.49. The first-order chi connectivity index (χ1) is 13.9. The zero-order valence-corrected chi connectivity index (χ0v) is 16.9. The Kier molecular flexibility index (Phi) is 4.89. The Bertz CT molecular complexity index is 1140. The summed E-state index contributed by atoms with van der Waals surface area (Å²) in [5.41, 5.74) is -0.172. The monoisotopic (exact) mass is 431 g/mol. The van der Waals surface area contributed by atoms with Gasteiger partial charge in [0.25, 0.3) is 5.78 Å². The third kappa shape index (κ3) is 3.19. The number of aromatic nitrogens is 2. The van der Waals surface area contributed by atoms with Gasteiger partial charge in [0.1, 0.15) is 28.4 Å². The summed E-state index contributed by atoms with van der Waals surface area (Å²) in [5.74, 6) is -2.68. The van der Waals surface area contributed by atoms with E-state index in [0.717, 1.165) is 17.4 Å². The van der Waals surface area contributed by atoms with E-state index in [2.05, 4.69) is 10.2 Å². The van der Waals surface area contributed by atoms with Crippen molar-refractivity contribution in [2.24, 2.45) is 0 Å². The van der Waals surface area contributed by atoms with Crippen LogP contribution in [0.4, 0.5) is 9.52 Å². The molecule has 4 rings (SSSR count). The lowest BCUT2D eigenvalue weighted by Gasteiger charge is -2.21. The number of aliphatic hydroxyl groups is 1. The Labute approximate surface area is 172 Å². The molecular formula is C19H14FN3O4S2. The predicted octanol–water partition coefficient (Wildman–Crippen LogP) is 3.68. The fraction of sp³-hybridized carbons (Fsp3) is 0.158. The van der Waals surface area contributed by atoms with Gasteiger partial charge in [0.2, 0.25) is 5.13 Å². The van der Waals surface area contributed by atoms with E-state index in [1.165, 1.54) is 35.5 Å². The second-order valence-electron chi connectivity index (χ2n) is 6.13. The molecule has 2 aromatic heterocycles. The standard InChI is InChI=1S/C19H14FN3O4S2/c1-9-21-22-19(29-9)23-15(13-4-3-7-28-13)14(17(25)18(23)26)16(24)11-8-10(20)5-6-12(11)27-2/h3-8,15,24H,1-2H3/b16-14+/t15-/m0/s1. The number of rotatable bonds is 4. The van der Waals surface area contributed by atoms with Crippen LogP contribution >= 0.6 is 22.7 Å². The molecule has 0 aliphatic carbocycles. The van der Waals surface area contributed by atoms with Crippen molar-refractivity contribution in [2.75, 3.05) is 12.0 Å². The van der Waals surface area contributed by atoms with Crippen molar-refractivity contribution in [3.8, 4) is 5.75 Å². The van der Waals surface area contributed by atoms with E-state index < -0.39 is 29.3 Å². The first kappa shape index (κ1) is 19.2. The van der Waals surface area contributed by atoms with Gasteiger partial charge in [-0.3, -0.25) is 14.5 Å². The molecular weight excluding hydrogens is 417 g/mol. The number of amides is 1. The van der Waals surface area contributed by atoms with Crippen molar-refractivity contribution in [2.45, 2.75) is 13.0 Å². The van der Waals surface area contributed by atoms with Gasteiger partial charge in [0.15, 0.2) is 0 Å². The van der Waals surface area contributed by atoms with Crippen molar-refractivity contribution in [1.29, 1.82) is 0 Å². The normalized spacial score (nSPS) is 18.4. The summed E-state index contributed by atoms with van der Waals surface area (Å²) in [6.45, 7) is 1.73. The van der Waals surface area contributed by atoms with Crippen LogP contribution in [0.1, 0.15) is 21.5 Å². The minimum atomic E-state index is -0.907. The Balaban J connectivity index is 1.96. The number of carbonyl (C=O) groups excluding carboxylic acids is 2. The van der Waals surface area contributed by atoms with Crippen LogP contribution in [0.2, 0.25) is 0 Å². The van der Waals surface area contributed by atoms with Gasteiger partial charge >= 0.3 is 5.91 Å². The van der Waals surface area contributed by atoms with E-state index in [9.17, 15) is 19.1 Å². The molecule has 7 nitrogen and oxygen atoms in total. The number of anilines is 1. The number of benzene rings is 1. The summed E-state index contributed by atoms with van der Waals surface area (Å²) in [6.07, 6.45) is 0. The summed E-state index contributed by atoms with van der Waals surface area (Å²) >= 11 is 2.48. The summed E-state index contributed by atoms with van der Waals surface area (Å²) in [5, 5.41) is 21.6. The molecule has 1 aliphatic rings. The van der Waals surface area contributed by atoms with E-state index in [1.807, 2.05) is 0 Å². The first-order valence-corrected chi connectivity index (χ1v) is 10.1. The highest BCUT2D eigenvalue weighted by molar-refractivity contribution is 7.15. The SMILES string of the molecule is COc1ccc(F)cc1/C(O)=C1\C(=O)C(=O)N(c2nnc(C)s2)[C@H]1c1cccs1. The molecule has 1 N–H and O–H groups in total. The van der Waals surface area contributed by atoms with Crippen LogP contribution in [-0.2, 0) is 9.59 Å². The minimum Gasteiger partial charge on any atom is -0.507 e. The summed E-state index contributed by atoms with van der Waals surface area (Å²) < 4.78 is 19.0. The highest BCUT2D eigenvalue weighted by atomic mass is 32.1. The molecule has 1 amide bonds. The van der Waals surface area contributed by atoms with Crippen LogP contribution in [-0.4, -0.2) is 34.1 Å². The zero-order valence-electron chi connectivity index (χ0n) is 15.2. The maximum Gasteiger partial charge on any atom is 0.301 e. The van der Waals surface area contributed by atoms with Crippen molar-refractivity contribution >= 4 is 45.3 Å². The third-order valence-electron chi connectivity index (χ3n) is 4.40. The number of aryl methyl sites for hydroxylation is 1. The smallest absolute Gasteiger partial charge is 0.301 e. The molecule has 1 saturated heterocycles. The number of halogens is 1. The number of ether oxygens (including phenoxy) is 1. The van der Waals surface area contributed by atoms with Crippen LogP contribution in [0, 0.1) is 12.7 Å². The van der Waals surface area contributed by atoms with Crippen molar-refractivity contribution in [1.82, 2.24) is 10.2 Å². The van der Waals surface area contributed by atoms with E-state index in [4.69, 9.17) is 4.74 Å². The summed E-state index contributed by atoms with van der Waals surface area (Å²) in [7, 11) is 1.36. The Morgan fingerprint density at radius 2 is 2.07 bits per heavy atom. The van der Waals surface area contributed by atoms with Crippen molar-refractivity contribution < 1.29 is 23.8 Å². The largest absolute Gasteiger partial charge is 0.507 e. The Morgan fingerprint density at radius 3 is 2.69 bits per heavy atom. The van der Waals surface area contributed by atoms with E-state index in [-0.39, 0.29) is 22.0 Å². The van der Waals surface area contributed by atoms with Gasteiger partial charge in [-0.2, -0.15) is 0 Å². The van der Waals surface area contributed by atoms with Crippen LogP contribution in [0.5, 0.6) is 5.75 Å². The molecule has 0 bridgehead atoms. The second-order valence-corrected chi connectivity index (χ2v) is 8.27. The molecule has 1 aliphatic heterocycles. The average Bonchev–Trinajstić information content (AvgIpc) is 3.42. The molecule has 10 heteroatoms. The molecule has 1 atom stereocenters. The van der Waals surface area contributed by atoms with Gasteiger partial charge in [-0.1, -0.05) is 17.4 Å². The van der Waals surface area contributed by atoms with Gasteiger partial charge in [-0.15, -0.1) is 21.5 Å². The van der Waals surface area contributed by atoms with Gasteiger partial charge in [-0.05, 0) is 36.6 Å². The zero-order chi connectivity index (χ0) is 20.7. The molecule has 3 aromatic rings. The molecule has 148 valence electrons. The number of thiophene rings is 1. The number of ketones is 1. The molecule has 0 spiro atoms. The summed E-state index contributed by atoms with van der Waals surface area (Å²) in [4.78, 5) is 27.6. The predicted molar refractivity (Wildman–Crippen MR) is 107 cm³/mol. The number of methoxy groups -OCH3 is 1. The lowest BCUT2D eigenvalue weighted by Crippen LogP contribution is -2.29. The average molecular weight is 431 g/mol. The van der Waals surface area contributed by atoms with Crippen LogP contribution in [0.25, 0.3) is 5.76 Å². The fourth-order valence-electron chi connectivity index (χ4n) is 3.14.